The van der Waals surface area contributed by atoms with Crippen LogP contribution in [0.15, 0.2) is 48.2 Å². The maximum atomic E-state index is 12.2. The number of hydrogen-bond acceptors (Lipinski definition) is 2. The highest BCUT2D eigenvalue weighted by molar-refractivity contribution is 5.97. The van der Waals surface area contributed by atoms with Crippen molar-refractivity contribution in [2.75, 3.05) is 6.54 Å². The minimum absolute atomic E-state index is 0.0398. The number of carbonyl (C=O) groups is 1. The number of benzene rings is 1. The Morgan fingerprint density at radius 3 is 2.91 bits per heavy atom. The number of carbonyl (C=O) groups excluding carboxylic acids is 1. The van der Waals surface area contributed by atoms with Crippen LogP contribution < -0.4 is 5.32 Å². The van der Waals surface area contributed by atoms with E-state index in [4.69, 9.17) is 0 Å². The third kappa shape index (κ3) is 5.51. The first kappa shape index (κ1) is 17.2. The molecule has 3 nitrogen and oxygen atoms in total. The first-order valence-electron chi connectivity index (χ1n) is 8.35. The van der Waals surface area contributed by atoms with Crippen molar-refractivity contribution in [3.8, 4) is 0 Å². The highest BCUT2D eigenvalue weighted by Gasteiger charge is 2.05. The van der Waals surface area contributed by atoms with E-state index in [-0.39, 0.29) is 5.91 Å². The fourth-order valence-electron chi connectivity index (χ4n) is 2.53. The Bertz CT molecular complexity index is 689. The van der Waals surface area contributed by atoms with Crippen molar-refractivity contribution in [1.29, 1.82) is 0 Å². The zero-order valence-electron chi connectivity index (χ0n) is 14.3. The topological polar surface area (TPSA) is 42.0 Å². The number of pyridine rings is 1. The first-order valence-corrected chi connectivity index (χ1v) is 8.35. The Kier molecular flexibility index (Phi) is 6.33. The third-order valence-electron chi connectivity index (χ3n) is 3.93. The molecule has 0 unspecified atom stereocenters. The summed E-state index contributed by atoms with van der Waals surface area (Å²) in [6.45, 7) is 7.21. The molecule has 0 fully saturated rings. The monoisotopic (exact) mass is 310 g/mol. The molecule has 2 rings (SSSR count). The second kappa shape index (κ2) is 8.47. The van der Waals surface area contributed by atoms with Crippen LogP contribution in [-0.2, 0) is 0 Å². The Labute approximate surface area is 138 Å². The van der Waals surface area contributed by atoms with Crippen molar-refractivity contribution in [1.82, 2.24) is 10.3 Å². The van der Waals surface area contributed by atoms with Crippen LogP contribution in [0.4, 0.5) is 0 Å². The summed E-state index contributed by atoms with van der Waals surface area (Å²) in [5.41, 5.74) is 2.93. The number of nitrogens with one attached hydrogen (secondary N) is 1. The van der Waals surface area contributed by atoms with Gasteiger partial charge in [-0.3, -0.25) is 9.78 Å². The van der Waals surface area contributed by atoms with Gasteiger partial charge in [0.25, 0.3) is 5.91 Å². The van der Waals surface area contributed by atoms with Gasteiger partial charge in [-0.1, -0.05) is 38.0 Å². The molecular weight excluding hydrogens is 284 g/mol. The number of amides is 1. The van der Waals surface area contributed by atoms with Crippen LogP contribution >= 0.6 is 0 Å². The molecule has 1 N–H and O–H groups in total. The smallest absolute Gasteiger partial charge is 0.251 e. The first-order chi connectivity index (χ1) is 11.1. The molecule has 0 saturated carbocycles. The van der Waals surface area contributed by atoms with Gasteiger partial charge in [-0.15, -0.1) is 0 Å². The minimum atomic E-state index is -0.0398. The van der Waals surface area contributed by atoms with Gasteiger partial charge in [0, 0.05) is 23.7 Å². The van der Waals surface area contributed by atoms with Crippen molar-refractivity contribution in [2.24, 2.45) is 5.92 Å². The van der Waals surface area contributed by atoms with E-state index in [2.05, 4.69) is 37.1 Å². The molecule has 23 heavy (non-hydrogen) atoms. The van der Waals surface area contributed by atoms with E-state index in [0.717, 1.165) is 23.2 Å². The van der Waals surface area contributed by atoms with Gasteiger partial charge in [0.2, 0.25) is 0 Å². The highest BCUT2D eigenvalue weighted by Crippen LogP contribution is 2.13. The second-order valence-corrected chi connectivity index (χ2v) is 6.46. The molecule has 0 atom stereocenters. The maximum Gasteiger partial charge on any atom is 0.251 e. The Morgan fingerprint density at radius 1 is 1.30 bits per heavy atom. The van der Waals surface area contributed by atoms with E-state index in [9.17, 15) is 4.79 Å². The Morgan fingerprint density at radius 2 is 2.13 bits per heavy atom. The van der Waals surface area contributed by atoms with Gasteiger partial charge in [0.1, 0.15) is 0 Å². The van der Waals surface area contributed by atoms with E-state index in [1.807, 2.05) is 30.3 Å². The summed E-state index contributed by atoms with van der Waals surface area (Å²) in [6.07, 6.45) is 7.44. The Balaban J connectivity index is 1.86. The molecule has 3 heteroatoms. The molecule has 0 aliphatic rings. The quantitative estimate of drug-likeness (QED) is 0.751. The largest absolute Gasteiger partial charge is 0.349 e. The summed E-state index contributed by atoms with van der Waals surface area (Å²) >= 11 is 0. The minimum Gasteiger partial charge on any atom is -0.349 e. The van der Waals surface area contributed by atoms with Gasteiger partial charge in [-0.05, 0) is 49.9 Å². The number of nitrogens with zero attached hydrogens (tertiary/aromatic N) is 1. The van der Waals surface area contributed by atoms with Gasteiger partial charge >= 0.3 is 0 Å². The molecule has 0 bridgehead atoms. The van der Waals surface area contributed by atoms with Gasteiger partial charge in [0.05, 0.1) is 5.52 Å². The molecule has 122 valence electrons. The standard InChI is InChI=1S/C20H26N2O/c1-15(2)6-4-7-16(3)11-13-22-20(23)18-9-10-19-17(14-18)8-5-12-21-19/h5,8-12,14-15H,4,6-7,13H2,1-3H3,(H,22,23)/b16-11+. The van der Waals surface area contributed by atoms with Crippen LogP contribution in [0.3, 0.4) is 0 Å². The number of allylic oxidation sites excluding steroid dienone is 1. The number of hydrogen-bond donors (Lipinski definition) is 1. The predicted octanol–water partition coefficient (Wildman–Crippen LogP) is 4.74. The van der Waals surface area contributed by atoms with E-state index in [0.29, 0.717) is 12.1 Å². The van der Waals surface area contributed by atoms with Crippen LogP contribution in [0.5, 0.6) is 0 Å². The number of fused-ring (bicyclic) bond motifs is 1. The van der Waals surface area contributed by atoms with E-state index in [1.165, 1.54) is 18.4 Å². The summed E-state index contributed by atoms with van der Waals surface area (Å²) in [5.74, 6) is 0.715. The summed E-state index contributed by atoms with van der Waals surface area (Å²) in [7, 11) is 0. The molecule has 1 aromatic heterocycles. The predicted molar refractivity (Wildman–Crippen MR) is 96.5 cm³/mol. The van der Waals surface area contributed by atoms with Crippen LogP contribution in [0.25, 0.3) is 10.9 Å². The average Bonchev–Trinajstić information content (AvgIpc) is 2.54. The van der Waals surface area contributed by atoms with Crippen molar-refractivity contribution in [3.63, 3.8) is 0 Å². The Hall–Kier alpha value is -2.16. The fraction of sp³-hybridized carbons (Fsp3) is 0.400. The van der Waals surface area contributed by atoms with Crippen LogP contribution in [0, 0.1) is 5.92 Å². The molecule has 0 spiro atoms. The van der Waals surface area contributed by atoms with Gasteiger partial charge in [0.15, 0.2) is 0 Å². The zero-order chi connectivity index (χ0) is 16.7. The zero-order valence-corrected chi connectivity index (χ0v) is 14.3. The molecule has 0 saturated heterocycles. The SMILES string of the molecule is C/C(=C\CNC(=O)c1ccc2ncccc2c1)CCCC(C)C. The number of aromatic nitrogens is 1. The molecule has 1 heterocycles. The van der Waals surface area contributed by atoms with Crippen molar-refractivity contribution >= 4 is 16.8 Å². The highest BCUT2D eigenvalue weighted by atomic mass is 16.1. The lowest BCUT2D eigenvalue weighted by atomic mass is 10.0. The maximum absolute atomic E-state index is 12.2. The third-order valence-corrected chi connectivity index (χ3v) is 3.93. The molecule has 2 aromatic rings. The molecular formula is C20H26N2O. The van der Waals surface area contributed by atoms with Gasteiger partial charge in [-0.25, -0.2) is 0 Å². The summed E-state index contributed by atoms with van der Waals surface area (Å²) in [5, 5.41) is 3.94. The van der Waals surface area contributed by atoms with Crippen molar-refractivity contribution < 1.29 is 4.79 Å². The lowest BCUT2D eigenvalue weighted by Gasteiger charge is -2.06. The summed E-state index contributed by atoms with van der Waals surface area (Å²) in [6, 6.07) is 9.45. The second-order valence-electron chi connectivity index (χ2n) is 6.46. The molecule has 0 aliphatic heterocycles. The average molecular weight is 310 g/mol. The van der Waals surface area contributed by atoms with Crippen LogP contribution in [-0.4, -0.2) is 17.4 Å². The van der Waals surface area contributed by atoms with Gasteiger partial charge < -0.3 is 5.32 Å². The molecule has 1 aromatic carbocycles. The van der Waals surface area contributed by atoms with Gasteiger partial charge in [-0.2, -0.15) is 0 Å². The van der Waals surface area contributed by atoms with Crippen molar-refractivity contribution in [3.05, 3.63) is 53.7 Å². The fourth-order valence-corrected chi connectivity index (χ4v) is 2.53. The van der Waals surface area contributed by atoms with Crippen LogP contribution in [0.2, 0.25) is 0 Å². The van der Waals surface area contributed by atoms with E-state index >= 15 is 0 Å². The number of rotatable bonds is 7. The lowest BCUT2D eigenvalue weighted by molar-refractivity contribution is 0.0958. The van der Waals surface area contributed by atoms with Crippen molar-refractivity contribution in [2.45, 2.75) is 40.0 Å². The van der Waals surface area contributed by atoms with E-state index < -0.39 is 0 Å². The molecule has 0 aliphatic carbocycles. The van der Waals surface area contributed by atoms with E-state index in [1.54, 1.807) is 6.20 Å². The van der Waals surface area contributed by atoms with Crippen LogP contribution in [0.1, 0.15) is 50.4 Å². The molecule has 1 amide bonds. The lowest BCUT2D eigenvalue weighted by Crippen LogP contribution is -2.23. The summed E-state index contributed by atoms with van der Waals surface area (Å²) < 4.78 is 0. The normalized spacial score (nSPS) is 11.9. The summed E-state index contributed by atoms with van der Waals surface area (Å²) in [4.78, 5) is 16.5. The molecule has 0 radical (unpaired) electrons.